The molecule has 1 aromatic heterocycles. The topological polar surface area (TPSA) is 48.1 Å². The van der Waals surface area contributed by atoms with Crippen molar-refractivity contribution in [3.8, 4) is 16.3 Å². The van der Waals surface area contributed by atoms with Crippen LogP contribution < -0.4 is 10.5 Å². The quantitative estimate of drug-likeness (QED) is 0.437. The van der Waals surface area contributed by atoms with Gasteiger partial charge in [-0.1, -0.05) is 0 Å². The van der Waals surface area contributed by atoms with Gasteiger partial charge >= 0.3 is 0 Å². The lowest BCUT2D eigenvalue weighted by molar-refractivity contribution is 0.415. The van der Waals surface area contributed by atoms with Crippen LogP contribution in [-0.2, 0) is 0 Å². The number of nitrogens with two attached hydrogens (primary N) is 1. The second-order valence-corrected chi connectivity index (χ2v) is 5.43. The molecule has 0 aliphatic rings. The van der Waals surface area contributed by atoms with Gasteiger partial charge in [-0.2, -0.15) is 0 Å². The van der Waals surface area contributed by atoms with Gasteiger partial charge in [-0.25, -0.2) is 22.5 Å². The van der Waals surface area contributed by atoms with E-state index in [0.717, 1.165) is 11.3 Å². The van der Waals surface area contributed by atoms with Crippen LogP contribution in [0.1, 0.15) is 0 Å². The molecule has 114 valence electrons. The summed E-state index contributed by atoms with van der Waals surface area (Å²) in [7, 11) is 1.47. The summed E-state index contributed by atoms with van der Waals surface area (Å²) in [5.41, 5.74) is 3.34. The second-order valence-electron chi connectivity index (χ2n) is 4.40. The molecule has 0 bridgehead atoms. The van der Waals surface area contributed by atoms with E-state index in [1.807, 2.05) is 0 Å². The molecular weight excluding hydrogens is 320 g/mol. The first-order valence-corrected chi connectivity index (χ1v) is 6.82. The van der Waals surface area contributed by atoms with Crippen molar-refractivity contribution in [3.63, 3.8) is 0 Å². The first kappa shape index (κ1) is 14.6. The van der Waals surface area contributed by atoms with Gasteiger partial charge in [-0.3, -0.25) is 0 Å². The normalized spacial score (nSPS) is 11.1. The van der Waals surface area contributed by atoms with E-state index in [1.54, 1.807) is 18.2 Å². The fourth-order valence-corrected chi connectivity index (χ4v) is 3.00. The number of fused-ring (bicyclic) bond motifs is 1. The molecule has 0 atom stereocenters. The monoisotopic (exact) mass is 328 g/mol. The number of halogens is 4. The highest BCUT2D eigenvalue weighted by atomic mass is 32.1. The molecule has 22 heavy (non-hydrogen) atoms. The molecular formula is C14H8F4N2OS. The lowest BCUT2D eigenvalue weighted by Crippen LogP contribution is -2.05. The van der Waals surface area contributed by atoms with Crippen molar-refractivity contribution in [2.24, 2.45) is 0 Å². The third-order valence-corrected chi connectivity index (χ3v) is 4.14. The highest BCUT2D eigenvalue weighted by Crippen LogP contribution is 2.38. The molecule has 0 aliphatic carbocycles. The van der Waals surface area contributed by atoms with Crippen LogP contribution in [0, 0.1) is 23.3 Å². The fourth-order valence-electron chi connectivity index (χ4n) is 1.98. The van der Waals surface area contributed by atoms with Crippen LogP contribution in [0.3, 0.4) is 0 Å². The Morgan fingerprint density at radius 1 is 1.05 bits per heavy atom. The Hall–Kier alpha value is -2.35. The van der Waals surface area contributed by atoms with Crippen LogP contribution in [0.25, 0.3) is 20.8 Å². The van der Waals surface area contributed by atoms with Gasteiger partial charge in [0.15, 0.2) is 23.3 Å². The molecule has 0 radical (unpaired) electrons. The zero-order valence-electron chi connectivity index (χ0n) is 11.1. The molecule has 0 unspecified atom stereocenters. The van der Waals surface area contributed by atoms with Gasteiger partial charge in [0.2, 0.25) is 0 Å². The standard InChI is InChI=1S/C14H8F4N2OS/c1-21-5-2-3-6-7(4-5)22-14(20-6)8-9(15)11(17)13(19)12(18)10(8)16/h2-4H,19H2,1H3. The van der Waals surface area contributed by atoms with Crippen LogP contribution >= 0.6 is 11.3 Å². The highest BCUT2D eigenvalue weighted by Gasteiger charge is 2.26. The molecule has 2 aromatic carbocycles. The molecule has 3 rings (SSSR count). The molecule has 0 fully saturated rings. The number of benzene rings is 2. The van der Waals surface area contributed by atoms with Crippen LogP contribution in [-0.4, -0.2) is 12.1 Å². The minimum Gasteiger partial charge on any atom is -0.497 e. The van der Waals surface area contributed by atoms with Crippen LogP contribution in [0.4, 0.5) is 23.2 Å². The van der Waals surface area contributed by atoms with Gasteiger partial charge in [0, 0.05) is 0 Å². The largest absolute Gasteiger partial charge is 0.497 e. The summed E-state index contributed by atoms with van der Waals surface area (Å²) in [5.74, 6) is -5.88. The number of ether oxygens (including phenoxy) is 1. The lowest BCUT2D eigenvalue weighted by Gasteiger charge is -2.06. The lowest BCUT2D eigenvalue weighted by atomic mass is 10.1. The number of aromatic nitrogens is 1. The molecule has 0 saturated carbocycles. The Balaban J connectivity index is 2.28. The molecule has 1 heterocycles. The van der Waals surface area contributed by atoms with E-state index in [4.69, 9.17) is 10.5 Å². The van der Waals surface area contributed by atoms with Gasteiger partial charge in [0.05, 0.1) is 22.9 Å². The summed E-state index contributed by atoms with van der Waals surface area (Å²) < 4.78 is 60.6. The number of hydrogen-bond acceptors (Lipinski definition) is 4. The molecule has 0 saturated heterocycles. The molecule has 0 aliphatic heterocycles. The van der Waals surface area contributed by atoms with Crippen molar-refractivity contribution >= 4 is 27.2 Å². The molecule has 3 nitrogen and oxygen atoms in total. The summed E-state index contributed by atoms with van der Waals surface area (Å²) in [6.45, 7) is 0. The van der Waals surface area contributed by atoms with Crippen molar-refractivity contribution in [2.45, 2.75) is 0 Å². The van der Waals surface area contributed by atoms with E-state index in [9.17, 15) is 17.6 Å². The minimum absolute atomic E-state index is 0.184. The van der Waals surface area contributed by atoms with Gasteiger partial charge in [0.25, 0.3) is 0 Å². The third-order valence-electron chi connectivity index (χ3n) is 3.11. The maximum atomic E-state index is 13.9. The molecule has 3 aromatic rings. The number of nitrogens with zero attached hydrogens (tertiary/aromatic N) is 1. The van der Waals surface area contributed by atoms with E-state index in [0.29, 0.717) is 16.0 Å². The van der Waals surface area contributed by atoms with E-state index in [1.165, 1.54) is 7.11 Å². The van der Waals surface area contributed by atoms with Gasteiger partial charge in [-0.05, 0) is 18.2 Å². The summed E-state index contributed by atoms with van der Waals surface area (Å²) in [6.07, 6.45) is 0. The smallest absolute Gasteiger partial charge is 0.185 e. The first-order valence-electron chi connectivity index (χ1n) is 6.00. The average molecular weight is 328 g/mol. The maximum absolute atomic E-state index is 13.9. The van der Waals surface area contributed by atoms with Crippen LogP contribution in [0.5, 0.6) is 5.75 Å². The Kier molecular flexibility index (Phi) is 3.40. The maximum Gasteiger partial charge on any atom is 0.185 e. The first-order chi connectivity index (χ1) is 10.4. The number of rotatable bonds is 2. The molecule has 2 N–H and O–H groups in total. The Morgan fingerprint density at radius 2 is 1.68 bits per heavy atom. The van der Waals surface area contributed by atoms with Crippen molar-refractivity contribution in [3.05, 3.63) is 41.5 Å². The van der Waals surface area contributed by atoms with E-state index < -0.39 is 34.5 Å². The minimum atomic E-state index is -1.63. The zero-order chi connectivity index (χ0) is 16.0. The average Bonchev–Trinajstić information content (AvgIpc) is 2.93. The molecule has 0 spiro atoms. The van der Waals surface area contributed by atoms with Gasteiger partial charge in [0.1, 0.15) is 16.4 Å². The van der Waals surface area contributed by atoms with E-state index >= 15 is 0 Å². The van der Waals surface area contributed by atoms with Crippen molar-refractivity contribution < 1.29 is 22.3 Å². The summed E-state index contributed by atoms with van der Waals surface area (Å²) in [6, 6.07) is 4.80. The van der Waals surface area contributed by atoms with E-state index in [2.05, 4.69) is 4.98 Å². The van der Waals surface area contributed by atoms with Crippen LogP contribution in [0.15, 0.2) is 18.2 Å². The number of anilines is 1. The molecule has 0 amide bonds. The van der Waals surface area contributed by atoms with Gasteiger partial charge in [-0.15, -0.1) is 11.3 Å². The van der Waals surface area contributed by atoms with Crippen LogP contribution in [0.2, 0.25) is 0 Å². The predicted molar refractivity (Wildman–Crippen MR) is 75.9 cm³/mol. The van der Waals surface area contributed by atoms with E-state index in [-0.39, 0.29) is 5.01 Å². The fraction of sp³-hybridized carbons (Fsp3) is 0.0714. The number of thiazole rings is 1. The second kappa shape index (κ2) is 5.13. The Labute approximate surface area is 126 Å². The molecule has 8 heteroatoms. The Bertz CT molecular complexity index is 865. The summed E-state index contributed by atoms with van der Waals surface area (Å²) >= 11 is 0.886. The number of hydrogen-bond donors (Lipinski definition) is 1. The van der Waals surface area contributed by atoms with Crippen molar-refractivity contribution in [1.29, 1.82) is 0 Å². The zero-order valence-corrected chi connectivity index (χ0v) is 11.9. The highest BCUT2D eigenvalue weighted by molar-refractivity contribution is 7.21. The SMILES string of the molecule is COc1ccc2nc(-c3c(F)c(F)c(N)c(F)c3F)sc2c1. The summed E-state index contributed by atoms with van der Waals surface area (Å²) in [5, 5.41) is -0.184. The third kappa shape index (κ3) is 2.07. The number of methoxy groups -OCH3 is 1. The summed E-state index contributed by atoms with van der Waals surface area (Å²) in [4.78, 5) is 4.00. The van der Waals surface area contributed by atoms with Gasteiger partial charge < -0.3 is 10.5 Å². The van der Waals surface area contributed by atoms with Crippen molar-refractivity contribution in [1.82, 2.24) is 4.98 Å². The predicted octanol–water partition coefficient (Wildman–Crippen LogP) is 4.11. The number of nitrogen functional groups attached to an aromatic ring is 1. The Morgan fingerprint density at radius 3 is 2.27 bits per heavy atom. The van der Waals surface area contributed by atoms with Crippen molar-refractivity contribution in [2.75, 3.05) is 12.8 Å².